The topological polar surface area (TPSA) is 81.7 Å². The zero-order valence-electron chi connectivity index (χ0n) is 14.2. The Hall–Kier alpha value is -2.38. The van der Waals surface area contributed by atoms with Crippen LogP contribution in [0.2, 0.25) is 0 Å². The number of hydrogen-bond acceptors (Lipinski definition) is 5. The summed E-state index contributed by atoms with van der Waals surface area (Å²) in [6.07, 6.45) is 0. The van der Waals surface area contributed by atoms with Gasteiger partial charge in [0.05, 0.1) is 10.5 Å². The molecule has 0 atom stereocenters. The average molecular weight is 363 g/mol. The summed E-state index contributed by atoms with van der Waals surface area (Å²) >= 11 is 0. The number of rotatable bonds is 8. The van der Waals surface area contributed by atoms with E-state index in [9.17, 15) is 13.2 Å². The zero-order chi connectivity index (χ0) is 18.3. The molecule has 0 radical (unpaired) electrons. The molecule has 0 heterocycles. The molecular formula is C18H21NO5S. The number of aryl methyl sites for hydroxylation is 1. The molecule has 134 valence electrons. The Bertz CT molecular complexity index is 816. The van der Waals surface area contributed by atoms with Crippen LogP contribution in [0.4, 0.5) is 0 Å². The van der Waals surface area contributed by atoms with E-state index in [1.807, 2.05) is 31.2 Å². The monoisotopic (exact) mass is 363 g/mol. The molecule has 0 aromatic heterocycles. The minimum Gasteiger partial charge on any atom is -0.490 e. The number of carbonyl (C=O) groups is 1. The molecule has 0 spiro atoms. The van der Waals surface area contributed by atoms with Crippen molar-refractivity contribution >= 4 is 16.0 Å². The number of sulfonamides is 1. The molecule has 0 unspecified atom stereocenters. The van der Waals surface area contributed by atoms with Crippen molar-refractivity contribution in [1.29, 1.82) is 0 Å². The second-order valence-electron chi connectivity index (χ2n) is 5.33. The first-order valence-corrected chi connectivity index (χ1v) is 9.37. The largest absolute Gasteiger partial charge is 0.490 e. The molecule has 6 nitrogen and oxygen atoms in total. The third-order valence-corrected chi connectivity index (χ3v) is 4.87. The molecule has 0 aliphatic heterocycles. The lowest BCUT2D eigenvalue weighted by molar-refractivity contribution is 0.0450. The SMILES string of the molecule is CCNS(=O)(=O)c1ccc(C(=O)OCCOc2cccc(C)c2)cc1. The molecule has 2 aromatic rings. The number of ether oxygens (including phenoxy) is 2. The fraction of sp³-hybridized carbons (Fsp3) is 0.278. The van der Waals surface area contributed by atoms with Crippen LogP contribution in [0.25, 0.3) is 0 Å². The maximum absolute atomic E-state index is 12.0. The van der Waals surface area contributed by atoms with Gasteiger partial charge < -0.3 is 9.47 Å². The number of hydrogen-bond donors (Lipinski definition) is 1. The quantitative estimate of drug-likeness (QED) is 0.576. The van der Waals surface area contributed by atoms with Crippen molar-refractivity contribution in [3.05, 3.63) is 59.7 Å². The van der Waals surface area contributed by atoms with Crippen molar-refractivity contribution in [2.45, 2.75) is 18.7 Å². The fourth-order valence-electron chi connectivity index (χ4n) is 2.13. The van der Waals surface area contributed by atoms with Crippen LogP contribution in [-0.4, -0.2) is 34.1 Å². The van der Waals surface area contributed by atoms with Crippen molar-refractivity contribution < 1.29 is 22.7 Å². The summed E-state index contributed by atoms with van der Waals surface area (Å²) in [5, 5.41) is 0. The van der Waals surface area contributed by atoms with Gasteiger partial charge in [0.1, 0.15) is 19.0 Å². The highest BCUT2D eigenvalue weighted by molar-refractivity contribution is 7.89. The zero-order valence-corrected chi connectivity index (χ0v) is 15.0. The van der Waals surface area contributed by atoms with Crippen molar-refractivity contribution in [3.63, 3.8) is 0 Å². The van der Waals surface area contributed by atoms with E-state index in [0.717, 1.165) is 5.56 Å². The second kappa shape index (κ2) is 8.64. The lowest BCUT2D eigenvalue weighted by atomic mass is 10.2. The van der Waals surface area contributed by atoms with Gasteiger partial charge in [-0.3, -0.25) is 0 Å². The Kier molecular flexibility index (Phi) is 6.55. The second-order valence-corrected chi connectivity index (χ2v) is 7.09. The molecule has 0 aliphatic rings. The minimum atomic E-state index is -3.53. The first kappa shape index (κ1) is 19.0. The van der Waals surface area contributed by atoms with Crippen LogP contribution in [-0.2, 0) is 14.8 Å². The molecule has 2 aromatic carbocycles. The summed E-state index contributed by atoms with van der Waals surface area (Å²) in [6.45, 7) is 4.30. The Labute approximate surface area is 147 Å². The maximum atomic E-state index is 12.0. The highest BCUT2D eigenvalue weighted by Gasteiger charge is 2.14. The number of nitrogens with one attached hydrogen (secondary N) is 1. The first-order chi connectivity index (χ1) is 11.9. The van der Waals surface area contributed by atoms with Gasteiger partial charge in [0.15, 0.2) is 0 Å². The number of esters is 1. The standard InChI is InChI=1S/C18H21NO5S/c1-3-19-25(21,22)17-9-7-15(8-10-17)18(20)24-12-11-23-16-6-4-5-14(2)13-16/h4-10,13,19H,3,11-12H2,1-2H3. The highest BCUT2D eigenvalue weighted by Crippen LogP contribution is 2.13. The minimum absolute atomic E-state index is 0.101. The van der Waals surface area contributed by atoms with E-state index in [-0.39, 0.29) is 23.7 Å². The van der Waals surface area contributed by atoms with Crippen molar-refractivity contribution in [2.75, 3.05) is 19.8 Å². The van der Waals surface area contributed by atoms with Crippen LogP contribution in [0.5, 0.6) is 5.75 Å². The van der Waals surface area contributed by atoms with E-state index in [2.05, 4.69) is 4.72 Å². The van der Waals surface area contributed by atoms with Crippen molar-refractivity contribution in [1.82, 2.24) is 4.72 Å². The van der Waals surface area contributed by atoms with E-state index in [0.29, 0.717) is 12.3 Å². The molecule has 0 aliphatic carbocycles. The average Bonchev–Trinajstić information content (AvgIpc) is 2.59. The first-order valence-electron chi connectivity index (χ1n) is 7.88. The Balaban J connectivity index is 1.84. The summed E-state index contributed by atoms with van der Waals surface area (Å²) in [5.74, 6) is 0.189. The lowest BCUT2D eigenvalue weighted by Crippen LogP contribution is -2.23. The predicted molar refractivity (Wildman–Crippen MR) is 94.3 cm³/mol. The van der Waals surface area contributed by atoms with Crippen molar-refractivity contribution in [2.24, 2.45) is 0 Å². The Morgan fingerprint density at radius 2 is 1.80 bits per heavy atom. The molecule has 0 fully saturated rings. The van der Waals surface area contributed by atoms with E-state index in [1.54, 1.807) is 6.92 Å². The van der Waals surface area contributed by atoms with Gasteiger partial charge in [-0.1, -0.05) is 19.1 Å². The summed E-state index contributed by atoms with van der Waals surface area (Å²) in [4.78, 5) is 12.1. The van der Waals surface area contributed by atoms with Crippen LogP contribution in [0.15, 0.2) is 53.4 Å². The third-order valence-electron chi connectivity index (χ3n) is 3.31. The number of carbonyl (C=O) groups excluding carboxylic acids is 1. The van der Waals surface area contributed by atoms with Crippen LogP contribution in [0.3, 0.4) is 0 Å². The van der Waals surface area contributed by atoms with Gasteiger partial charge in [-0.05, 0) is 48.9 Å². The van der Waals surface area contributed by atoms with E-state index >= 15 is 0 Å². The molecule has 0 amide bonds. The molecule has 0 saturated heterocycles. The molecule has 7 heteroatoms. The fourth-order valence-corrected chi connectivity index (χ4v) is 3.17. The van der Waals surface area contributed by atoms with E-state index in [4.69, 9.17) is 9.47 Å². The Morgan fingerprint density at radius 3 is 2.44 bits per heavy atom. The van der Waals surface area contributed by atoms with Gasteiger partial charge in [0.25, 0.3) is 0 Å². The van der Waals surface area contributed by atoms with E-state index < -0.39 is 16.0 Å². The highest BCUT2D eigenvalue weighted by atomic mass is 32.2. The van der Waals surface area contributed by atoms with Crippen molar-refractivity contribution in [3.8, 4) is 5.75 Å². The predicted octanol–water partition coefficient (Wildman–Crippen LogP) is 2.53. The van der Waals surface area contributed by atoms with Gasteiger partial charge in [-0.25, -0.2) is 17.9 Å². The summed E-state index contributed by atoms with van der Waals surface area (Å²) < 4.78 is 36.7. The lowest BCUT2D eigenvalue weighted by Gasteiger charge is -2.08. The molecule has 2 rings (SSSR count). The molecule has 0 bridgehead atoms. The van der Waals surface area contributed by atoms with Crippen LogP contribution < -0.4 is 9.46 Å². The smallest absolute Gasteiger partial charge is 0.338 e. The van der Waals surface area contributed by atoms with Gasteiger partial charge in [-0.15, -0.1) is 0 Å². The van der Waals surface area contributed by atoms with Gasteiger partial charge in [-0.2, -0.15) is 0 Å². The summed E-state index contributed by atoms with van der Waals surface area (Å²) in [5.41, 5.74) is 1.37. The van der Waals surface area contributed by atoms with Crippen LogP contribution in [0, 0.1) is 6.92 Å². The summed E-state index contributed by atoms with van der Waals surface area (Å²) in [7, 11) is -3.53. The molecular weight excluding hydrogens is 342 g/mol. The maximum Gasteiger partial charge on any atom is 0.338 e. The molecule has 1 N–H and O–H groups in total. The van der Waals surface area contributed by atoms with Crippen LogP contribution in [0.1, 0.15) is 22.8 Å². The van der Waals surface area contributed by atoms with E-state index in [1.165, 1.54) is 24.3 Å². The normalized spacial score (nSPS) is 11.1. The van der Waals surface area contributed by atoms with Gasteiger partial charge in [0, 0.05) is 6.54 Å². The van der Waals surface area contributed by atoms with Crippen LogP contribution >= 0.6 is 0 Å². The summed E-state index contributed by atoms with van der Waals surface area (Å²) in [6, 6.07) is 13.2. The number of benzene rings is 2. The van der Waals surface area contributed by atoms with Gasteiger partial charge in [0.2, 0.25) is 10.0 Å². The van der Waals surface area contributed by atoms with Gasteiger partial charge >= 0.3 is 5.97 Å². The third kappa shape index (κ3) is 5.58. The molecule has 0 saturated carbocycles. The Morgan fingerprint density at radius 1 is 1.08 bits per heavy atom. The molecule has 25 heavy (non-hydrogen) atoms.